The van der Waals surface area contributed by atoms with Crippen LogP contribution in [-0.4, -0.2) is 21.2 Å². The van der Waals surface area contributed by atoms with E-state index in [4.69, 9.17) is 11.5 Å². The van der Waals surface area contributed by atoms with Gasteiger partial charge in [-0.2, -0.15) is 15.0 Å². The number of hydrogen-bond donors (Lipinski definition) is 3. The lowest BCUT2D eigenvalue weighted by molar-refractivity contribution is 1.08. The molecule has 1 heterocycles. The third-order valence-corrected chi connectivity index (χ3v) is 2.76. The maximum absolute atomic E-state index is 5.47. The highest BCUT2D eigenvalue weighted by Gasteiger charge is 2.02. The first-order valence-electron chi connectivity index (χ1n) is 4.85. The molecule has 0 saturated heterocycles. The van der Waals surface area contributed by atoms with E-state index >= 15 is 0 Å². The van der Waals surface area contributed by atoms with Gasteiger partial charge in [0.2, 0.25) is 17.8 Å². The molecule has 0 bridgehead atoms. The number of rotatable bonds is 3. The molecule has 0 unspecified atom stereocenters. The van der Waals surface area contributed by atoms with Gasteiger partial charge in [-0.25, -0.2) is 0 Å². The molecule has 6 nitrogen and oxygen atoms in total. The molecule has 1 aromatic heterocycles. The van der Waals surface area contributed by atoms with Crippen LogP contribution >= 0.6 is 11.8 Å². The fraction of sp³-hybridized carbons (Fsp3) is 0.100. The molecular formula is C10H12N6S. The van der Waals surface area contributed by atoms with Gasteiger partial charge in [-0.1, -0.05) is 0 Å². The Hall–Kier alpha value is -2.02. The molecule has 2 rings (SSSR count). The maximum Gasteiger partial charge on any atom is 0.233 e. The van der Waals surface area contributed by atoms with Crippen LogP contribution in [0.1, 0.15) is 0 Å². The molecule has 0 amide bonds. The van der Waals surface area contributed by atoms with Crippen LogP contribution in [0, 0.1) is 0 Å². The lowest BCUT2D eigenvalue weighted by Crippen LogP contribution is -2.06. The van der Waals surface area contributed by atoms with Gasteiger partial charge in [-0.15, -0.1) is 11.8 Å². The van der Waals surface area contributed by atoms with E-state index < -0.39 is 0 Å². The summed E-state index contributed by atoms with van der Waals surface area (Å²) in [5.41, 5.74) is 11.8. The molecule has 0 atom stereocenters. The lowest BCUT2D eigenvalue weighted by Gasteiger charge is -2.06. The van der Waals surface area contributed by atoms with Crippen molar-refractivity contribution in [1.82, 2.24) is 15.0 Å². The first-order chi connectivity index (χ1) is 8.17. The Kier molecular flexibility index (Phi) is 3.29. The molecule has 0 saturated carbocycles. The highest BCUT2D eigenvalue weighted by atomic mass is 32.2. The second-order valence-corrected chi connectivity index (χ2v) is 4.11. The van der Waals surface area contributed by atoms with Gasteiger partial charge in [0.1, 0.15) is 0 Å². The maximum atomic E-state index is 5.47. The summed E-state index contributed by atoms with van der Waals surface area (Å²) in [5, 5.41) is 3.01. The Morgan fingerprint density at radius 3 is 2.12 bits per heavy atom. The number of aromatic nitrogens is 3. The summed E-state index contributed by atoms with van der Waals surface area (Å²) in [6, 6.07) is 7.87. The van der Waals surface area contributed by atoms with Crippen LogP contribution in [0.4, 0.5) is 23.5 Å². The first-order valence-corrected chi connectivity index (χ1v) is 6.08. The van der Waals surface area contributed by atoms with Crippen molar-refractivity contribution < 1.29 is 0 Å². The molecule has 88 valence electrons. The van der Waals surface area contributed by atoms with Crippen LogP contribution in [0.25, 0.3) is 0 Å². The normalized spacial score (nSPS) is 10.2. The van der Waals surface area contributed by atoms with E-state index in [0.717, 1.165) is 5.69 Å². The molecule has 1 aromatic carbocycles. The van der Waals surface area contributed by atoms with Gasteiger partial charge >= 0.3 is 0 Å². The van der Waals surface area contributed by atoms with Gasteiger partial charge in [0, 0.05) is 10.6 Å². The van der Waals surface area contributed by atoms with Crippen LogP contribution in [0.15, 0.2) is 29.2 Å². The standard InChI is InChI=1S/C10H12N6S/c1-17-7-4-2-6(3-5-7)13-10-15-8(11)14-9(12)16-10/h2-5H,1H3,(H5,11,12,13,14,15,16). The minimum atomic E-state index is 0.0979. The molecule has 0 aliphatic heterocycles. The molecule has 0 aliphatic rings. The minimum Gasteiger partial charge on any atom is -0.368 e. The van der Waals surface area contributed by atoms with Gasteiger partial charge in [0.05, 0.1) is 0 Å². The van der Waals surface area contributed by atoms with E-state index in [1.807, 2.05) is 30.5 Å². The summed E-state index contributed by atoms with van der Waals surface area (Å²) in [5.74, 6) is 0.536. The zero-order valence-electron chi connectivity index (χ0n) is 9.21. The van der Waals surface area contributed by atoms with Gasteiger partial charge < -0.3 is 16.8 Å². The fourth-order valence-electron chi connectivity index (χ4n) is 1.27. The monoisotopic (exact) mass is 248 g/mol. The number of nitrogens with zero attached hydrogens (tertiary/aromatic N) is 3. The van der Waals surface area contributed by atoms with Crippen molar-refractivity contribution in [3.63, 3.8) is 0 Å². The Balaban J connectivity index is 2.19. The fourth-order valence-corrected chi connectivity index (χ4v) is 1.68. The van der Waals surface area contributed by atoms with Crippen molar-refractivity contribution >= 4 is 35.3 Å². The molecular weight excluding hydrogens is 236 g/mol. The first kappa shape index (κ1) is 11.5. The van der Waals surface area contributed by atoms with Gasteiger partial charge in [-0.05, 0) is 30.5 Å². The van der Waals surface area contributed by atoms with Crippen molar-refractivity contribution in [1.29, 1.82) is 0 Å². The third-order valence-electron chi connectivity index (χ3n) is 2.02. The Bertz CT molecular complexity index is 492. The Morgan fingerprint density at radius 2 is 1.59 bits per heavy atom. The quantitative estimate of drug-likeness (QED) is 0.707. The van der Waals surface area contributed by atoms with E-state index in [1.54, 1.807) is 11.8 Å². The van der Waals surface area contributed by atoms with Gasteiger partial charge in [-0.3, -0.25) is 0 Å². The van der Waals surface area contributed by atoms with Crippen molar-refractivity contribution in [3.8, 4) is 0 Å². The van der Waals surface area contributed by atoms with Crippen molar-refractivity contribution in [2.75, 3.05) is 23.0 Å². The summed E-state index contributed by atoms with van der Waals surface area (Å²) in [4.78, 5) is 12.7. The third kappa shape index (κ3) is 2.97. The van der Waals surface area contributed by atoms with Crippen molar-refractivity contribution in [2.45, 2.75) is 4.90 Å². The van der Waals surface area contributed by atoms with Crippen LogP contribution in [0.2, 0.25) is 0 Å². The van der Waals surface area contributed by atoms with E-state index in [1.165, 1.54) is 4.90 Å². The van der Waals surface area contributed by atoms with E-state index in [2.05, 4.69) is 20.3 Å². The summed E-state index contributed by atoms with van der Waals surface area (Å²) in [6.07, 6.45) is 2.02. The summed E-state index contributed by atoms with van der Waals surface area (Å²) >= 11 is 1.68. The summed E-state index contributed by atoms with van der Waals surface area (Å²) in [7, 11) is 0. The van der Waals surface area contributed by atoms with Gasteiger partial charge in [0.15, 0.2) is 0 Å². The van der Waals surface area contributed by atoms with E-state index in [9.17, 15) is 0 Å². The molecule has 0 radical (unpaired) electrons. The van der Waals surface area contributed by atoms with Crippen molar-refractivity contribution in [2.24, 2.45) is 0 Å². The highest BCUT2D eigenvalue weighted by Crippen LogP contribution is 2.19. The average Bonchev–Trinajstić information content (AvgIpc) is 2.28. The van der Waals surface area contributed by atoms with E-state index in [0.29, 0.717) is 5.95 Å². The lowest BCUT2D eigenvalue weighted by atomic mass is 10.3. The minimum absolute atomic E-state index is 0.0979. The second-order valence-electron chi connectivity index (χ2n) is 3.23. The summed E-state index contributed by atoms with van der Waals surface area (Å²) < 4.78 is 0. The number of thioether (sulfide) groups is 1. The van der Waals surface area contributed by atoms with Crippen LogP contribution in [0.3, 0.4) is 0 Å². The molecule has 5 N–H and O–H groups in total. The van der Waals surface area contributed by atoms with Crippen LogP contribution in [-0.2, 0) is 0 Å². The molecule has 0 fully saturated rings. The number of benzene rings is 1. The Morgan fingerprint density at radius 1 is 1.00 bits per heavy atom. The number of nitrogens with one attached hydrogen (secondary N) is 1. The average molecular weight is 248 g/mol. The molecule has 0 aliphatic carbocycles. The van der Waals surface area contributed by atoms with E-state index in [-0.39, 0.29) is 11.9 Å². The largest absolute Gasteiger partial charge is 0.368 e. The predicted molar refractivity (Wildman–Crippen MR) is 70.2 cm³/mol. The summed E-state index contributed by atoms with van der Waals surface area (Å²) in [6.45, 7) is 0. The molecule has 7 heteroatoms. The SMILES string of the molecule is CSc1ccc(Nc2nc(N)nc(N)n2)cc1. The molecule has 2 aromatic rings. The van der Waals surface area contributed by atoms with Crippen LogP contribution < -0.4 is 16.8 Å². The second kappa shape index (κ2) is 4.88. The predicted octanol–water partition coefficient (Wildman–Crippen LogP) is 1.50. The highest BCUT2D eigenvalue weighted by molar-refractivity contribution is 7.98. The molecule has 0 spiro atoms. The van der Waals surface area contributed by atoms with Crippen molar-refractivity contribution in [3.05, 3.63) is 24.3 Å². The van der Waals surface area contributed by atoms with Gasteiger partial charge in [0.25, 0.3) is 0 Å². The smallest absolute Gasteiger partial charge is 0.233 e. The zero-order chi connectivity index (χ0) is 12.3. The number of nitrogen functional groups attached to an aromatic ring is 2. The number of nitrogens with two attached hydrogens (primary N) is 2. The molecule has 17 heavy (non-hydrogen) atoms. The van der Waals surface area contributed by atoms with Crippen LogP contribution in [0.5, 0.6) is 0 Å². The zero-order valence-corrected chi connectivity index (χ0v) is 10.0. The number of anilines is 4. The number of hydrogen-bond acceptors (Lipinski definition) is 7. The topological polar surface area (TPSA) is 103 Å². The Labute approximate surface area is 103 Å².